The van der Waals surface area contributed by atoms with Crippen molar-refractivity contribution in [1.29, 1.82) is 0 Å². The van der Waals surface area contributed by atoms with E-state index in [1.54, 1.807) is 7.05 Å². The van der Waals surface area contributed by atoms with Crippen LogP contribution in [-0.2, 0) is 19.2 Å². The Bertz CT molecular complexity index is 1280. The van der Waals surface area contributed by atoms with E-state index in [4.69, 9.17) is 17.2 Å². The highest BCUT2D eigenvalue weighted by atomic mass is 32.2. The van der Waals surface area contributed by atoms with Gasteiger partial charge in [-0.15, -0.1) is 11.8 Å². The minimum absolute atomic E-state index is 0.0345. The Labute approximate surface area is 235 Å². The zero-order valence-electron chi connectivity index (χ0n) is 21.3. The van der Waals surface area contributed by atoms with Crippen molar-refractivity contribution in [2.45, 2.75) is 49.2 Å². The third-order valence-electron chi connectivity index (χ3n) is 6.33. The van der Waals surface area contributed by atoms with Gasteiger partial charge in [0.15, 0.2) is 5.13 Å². The number of nitrogens with one attached hydrogen (secondary N) is 1. The molecular weight excluding hydrogens is 569 g/mol. The maximum absolute atomic E-state index is 13.0. The Morgan fingerprint density at radius 2 is 2.08 bits per heavy atom. The molecule has 2 unspecified atom stereocenters. The summed E-state index contributed by atoms with van der Waals surface area (Å²) in [5.41, 5.74) is 17.1. The largest absolute Gasteiger partial charge is 0.477 e. The number of aromatic nitrogens is 2. The minimum atomic E-state index is -1.34. The number of guanidine groups is 1. The highest BCUT2D eigenvalue weighted by molar-refractivity contribution is 8.00. The Kier molecular flexibility index (Phi) is 9.15. The topological polar surface area (TPSA) is 240 Å². The number of anilines is 1. The molecule has 0 aromatic carbocycles. The lowest BCUT2D eigenvalue weighted by Gasteiger charge is -2.49. The second kappa shape index (κ2) is 12.6. The summed E-state index contributed by atoms with van der Waals surface area (Å²) in [6, 6.07) is -0.874. The van der Waals surface area contributed by atoms with E-state index in [0.29, 0.717) is 0 Å². The average Bonchev–Trinajstić information content (AvgIpc) is 3.36. The summed E-state index contributed by atoms with van der Waals surface area (Å²) in [7, 11) is 1.58. The molecule has 2 fully saturated rings. The highest BCUT2D eigenvalue weighted by Gasteiger charge is 2.54. The number of oxime groups is 1. The summed E-state index contributed by atoms with van der Waals surface area (Å²) in [4.78, 5) is 51.7. The number of thioether (sulfide) groups is 1. The fraction of sp³-hybridized carbons (Fsp3) is 0.524. The van der Waals surface area contributed by atoms with E-state index in [9.17, 15) is 23.9 Å². The third-order valence-corrected chi connectivity index (χ3v) is 8.18. The molecule has 4 rings (SSSR count). The lowest BCUT2D eigenvalue weighted by atomic mass is 9.92. The second-order valence-electron chi connectivity index (χ2n) is 9.00. The first-order chi connectivity index (χ1) is 19.1. The number of aliphatic imine (C=N–C) groups is 1. The van der Waals surface area contributed by atoms with Crippen molar-refractivity contribution >= 4 is 64.1 Å². The van der Waals surface area contributed by atoms with E-state index in [1.165, 1.54) is 23.0 Å². The monoisotopic (exact) mass is 597 g/mol. The SMILES string of the molecule is CN(/N=C/C1=C(C(=O)O)N2C(=O)C(NC(=O)/C(=N\OCF)c3nsc(N)n3)C2SC1)C(N)=NC1CCC(N)CC1. The number of hydrazone groups is 1. The van der Waals surface area contributed by atoms with Gasteiger partial charge in [-0.2, -0.15) is 14.5 Å². The van der Waals surface area contributed by atoms with E-state index in [0.717, 1.165) is 42.1 Å². The molecule has 16 nitrogen and oxygen atoms in total. The fourth-order valence-electron chi connectivity index (χ4n) is 4.27. The summed E-state index contributed by atoms with van der Waals surface area (Å²) in [5, 5.41) is 20.6. The fourth-order valence-corrected chi connectivity index (χ4v) is 6.00. The zero-order chi connectivity index (χ0) is 29.0. The number of alkyl halides is 1. The van der Waals surface area contributed by atoms with Crippen LogP contribution in [0.2, 0.25) is 0 Å². The molecule has 0 radical (unpaired) electrons. The molecular formula is C21H28FN11O5S2. The van der Waals surface area contributed by atoms with Crippen molar-refractivity contribution in [2.24, 2.45) is 26.7 Å². The quantitative estimate of drug-likeness (QED) is 0.0997. The first kappa shape index (κ1) is 29.2. The van der Waals surface area contributed by atoms with Crippen LogP contribution >= 0.6 is 23.3 Å². The summed E-state index contributed by atoms with van der Waals surface area (Å²) in [5.74, 6) is -2.80. The number of amides is 2. The van der Waals surface area contributed by atoms with Gasteiger partial charge in [0, 0.05) is 35.9 Å². The van der Waals surface area contributed by atoms with Gasteiger partial charge in [0.1, 0.15) is 17.1 Å². The Morgan fingerprint density at radius 1 is 1.35 bits per heavy atom. The van der Waals surface area contributed by atoms with Gasteiger partial charge in [-0.25, -0.2) is 19.2 Å². The predicted octanol–water partition coefficient (Wildman–Crippen LogP) is -0.991. The van der Waals surface area contributed by atoms with Crippen molar-refractivity contribution in [3.63, 3.8) is 0 Å². The van der Waals surface area contributed by atoms with Gasteiger partial charge in [0.2, 0.25) is 17.5 Å². The van der Waals surface area contributed by atoms with Gasteiger partial charge < -0.3 is 32.5 Å². The molecule has 1 aromatic rings. The van der Waals surface area contributed by atoms with Gasteiger partial charge in [-0.3, -0.25) is 14.5 Å². The molecule has 216 valence electrons. The number of fused-ring (bicyclic) bond motifs is 1. The van der Waals surface area contributed by atoms with Crippen LogP contribution < -0.4 is 22.5 Å². The second-order valence-corrected chi connectivity index (χ2v) is 10.9. The Hall–Kier alpha value is -3.84. The molecule has 0 bridgehead atoms. The number of aliphatic carboxylic acids is 1. The molecule has 2 amide bonds. The lowest BCUT2D eigenvalue weighted by Crippen LogP contribution is -2.71. The first-order valence-corrected chi connectivity index (χ1v) is 13.9. The molecule has 8 N–H and O–H groups in total. The molecule has 0 spiro atoms. The normalized spacial score (nSPS) is 25.5. The maximum atomic E-state index is 13.0. The number of hydrogen-bond donors (Lipinski definition) is 5. The number of nitrogens with two attached hydrogens (primary N) is 3. The zero-order valence-corrected chi connectivity index (χ0v) is 22.9. The number of nitrogen functional groups attached to an aromatic ring is 1. The van der Waals surface area contributed by atoms with Crippen LogP contribution in [0.25, 0.3) is 0 Å². The number of nitrogens with zero attached hydrogens (tertiary/aromatic N) is 7. The molecule has 40 heavy (non-hydrogen) atoms. The van der Waals surface area contributed by atoms with E-state index < -0.39 is 41.8 Å². The number of rotatable bonds is 9. The van der Waals surface area contributed by atoms with Crippen LogP contribution in [0.5, 0.6) is 0 Å². The molecule has 3 aliphatic rings. The molecule has 19 heteroatoms. The molecule has 1 aromatic heterocycles. The van der Waals surface area contributed by atoms with Gasteiger partial charge in [0.05, 0.1) is 12.3 Å². The van der Waals surface area contributed by atoms with Crippen LogP contribution in [0.4, 0.5) is 9.52 Å². The molecule has 1 saturated heterocycles. The van der Waals surface area contributed by atoms with Crippen LogP contribution in [-0.4, -0.2) is 103 Å². The summed E-state index contributed by atoms with van der Waals surface area (Å²) >= 11 is 2.00. The standard InChI is InChI=1S/C21H28FN11O5S2/c1-32(20(24)27-11-4-2-10(23)3-5-11)26-6-9-7-39-18-13(17(35)33(18)14(9)19(36)37)28-16(34)12(30-38-8-22)15-29-21(25)40-31-15/h6,10-11,13,18H,2-5,7-8,23H2,1H3,(H2,24,27)(H,28,34)(H,36,37)(H2,25,29,31)/b26-6+,30-12-. The molecule has 2 aliphatic heterocycles. The van der Waals surface area contributed by atoms with Gasteiger partial charge in [-0.1, -0.05) is 5.16 Å². The number of halogens is 1. The number of hydrogen-bond acceptors (Lipinski definition) is 13. The van der Waals surface area contributed by atoms with Gasteiger partial charge in [0.25, 0.3) is 18.7 Å². The van der Waals surface area contributed by atoms with E-state index >= 15 is 0 Å². The van der Waals surface area contributed by atoms with Crippen molar-refractivity contribution < 1.29 is 28.7 Å². The molecule has 1 aliphatic carbocycles. The summed E-state index contributed by atoms with van der Waals surface area (Å²) in [6.45, 7) is -1.32. The predicted molar refractivity (Wildman–Crippen MR) is 146 cm³/mol. The van der Waals surface area contributed by atoms with Gasteiger partial charge in [-0.05, 0) is 25.7 Å². The molecule has 1 saturated carbocycles. The van der Waals surface area contributed by atoms with E-state index in [2.05, 4.69) is 34.8 Å². The smallest absolute Gasteiger partial charge is 0.353 e. The Balaban J connectivity index is 1.46. The van der Waals surface area contributed by atoms with Crippen LogP contribution in [0.3, 0.4) is 0 Å². The first-order valence-electron chi connectivity index (χ1n) is 12.0. The number of carboxylic acid groups (broad SMARTS) is 1. The molecule has 3 heterocycles. The van der Waals surface area contributed by atoms with Crippen LogP contribution in [0.15, 0.2) is 26.5 Å². The number of carboxylic acids is 1. The van der Waals surface area contributed by atoms with Crippen molar-refractivity contribution in [3.8, 4) is 0 Å². The Morgan fingerprint density at radius 3 is 2.70 bits per heavy atom. The van der Waals surface area contributed by atoms with Crippen molar-refractivity contribution in [1.82, 2.24) is 24.6 Å². The number of β-lactam (4-membered cyclic amide) rings is 1. The molecule has 2 atom stereocenters. The maximum Gasteiger partial charge on any atom is 0.353 e. The number of carbonyl (C=O) groups is 3. The number of carbonyl (C=O) groups excluding carboxylic acids is 2. The lowest BCUT2D eigenvalue weighted by molar-refractivity contribution is -0.150. The van der Waals surface area contributed by atoms with Crippen molar-refractivity contribution in [3.05, 3.63) is 17.1 Å². The summed E-state index contributed by atoms with van der Waals surface area (Å²) < 4.78 is 16.4. The third kappa shape index (κ3) is 6.31. The van der Waals surface area contributed by atoms with E-state index in [1.807, 2.05) is 0 Å². The minimum Gasteiger partial charge on any atom is -0.477 e. The van der Waals surface area contributed by atoms with Crippen LogP contribution in [0.1, 0.15) is 31.5 Å². The van der Waals surface area contributed by atoms with E-state index in [-0.39, 0.29) is 46.0 Å². The highest BCUT2D eigenvalue weighted by Crippen LogP contribution is 2.40. The van der Waals surface area contributed by atoms with Gasteiger partial charge >= 0.3 is 5.97 Å². The van der Waals surface area contributed by atoms with Crippen molar-refractivity contribution in [2.75, 3.05) is 25.4 Å². The van der Waals surface area contributed by atoms with Crippen LogP contribution in [0, 0.1) is 0 Å². The summed E-state index contributed by atoms with van der Waals surface area (Å²) in [6.07, 6.45) is 4.70. The average molecular weight is 598 g/mol.